The third-order valence-electron chi connectivity index (χ3n) is 4.02. The number of aryl methyl sites for hydroxylation is 1. The first-order valence-electron chi connectivity index (χ1n) is 9.58. The van der Waals surface area contributed by atoms with E-state index in [0.29, 0.717) is 24.3 Å². The smallest absolute Gasteiger partial charge is 0.311 e. The van der Waals surface area contributed by atoms with Gasteiger partial charge in [0.05, 0.1) is 0 Å². The number of hydrogen-bond acceptors (Lipinski definition) is 4. The second kappa shape index (κ2) is 12.5. The maximum absolute atomic E-state index is 12.0. The van der Waals surface area contributed by atoms with Gasteiger partial charge in [-0.3, -0.25) is 9.59 Å². The van der Waals surface area contributed by atoms with Crippen LogP contribution in [0.5, 0.6) is 11.5 Å². The monoisotopic (exact) mass is 348 g/mol. The third-order valence-corrected chi connectivity index (χ3v) is 4.02. The van der Waals surface area contributed by atoms with Crippen molar-refractivity contribution in [2.45, 2.75) is 85.0 Å². The lowest BCUT2D eigenvalue weighted by molar-refractivity contribution is -0.137. The third kappa shape index (κ3) is 9.28. The van der Waals surface area contributed by atoms with Crippen LogP contribution in [0.2, 0.25) is 0 Å². The number of hydrogen-bond donors (Lipinski definition) is 0. The molecule has 0 aliphatic heterocycles. The van der Waals surface area contributed by atoms with E-state index in [2.05, 4.69) is 13.8 Å². The molecule has 0 heterocycles. The fourth-order valence-electron chi connectivity index (χ4n) is 2.52. The molecule has 1 aromatic carbocycles. The summed E-state index contributed by atoms with van der Waals surface area (Å²) >= 11 is 0. The molecule has 0 radical (unpaired) electrons. The predicted octanol–water partition coefficient (Wildman–Crippen LogP) is 5.75. The van der Waals surface area contributed by atoms with Crippen molar-refractivity contribution in [2.75, 3.05) is 0 Å². The Labute approximate surface area is 151 Å². The van der Waals surface area contributed by atoms with Crippen LogP contribution in [0.1, 0.15) is 83.6 Å². The van der Waals surface area contributed by atoms with Gasteiger partial charge in [-0.05, 0) is 37.5 Å². The highest BCUT2D eigenvalue weighted by molar-refractivity contribution is 5.76. The molecule has 25 heavy (non-hydrogen) atoms. The average Bonchev–Trinajstić information content (AvgIpc) is 2.58. The molecule has 0 atom stereocenters. The highest BCUT2D eigenvalue weighted by Gasteiger charge is 2.14. The first kappa shape index (κ1) is 21.2. The Morgan fingerprint density at radius 3 is 1.80 bits per heavy atom. The van der Waals surface area contributed by atoms with Crippen LogP contribution < -0.4 is 9.47 Å². The van der Waals surface area contributed by atoms with E-state index < -0.39 is 0 Å². The molecule has 0 aromatic heterocycles. The molecule has 0 fully saturated rings. The topological polar surface area (TPSA) is 52.6 Å². The van der Waals surface area contributed by atoms with E-state index in [-0.39, 0.29) is 11.9 Å². The lowest BCUT2D eigenvalue weighted by Gasteiger charge is -2.11. The van der Waals surface area contributed by atoms with E-state index in [4.69, 9.17) is 9.47 Å². The molecule has 0 saturated heterocycles. The van der Waals surface area contributed by atoms with Crippen LogP contribution in [0.4, 0.5) is 0 Å². The SMILES string of the molecule is CCCCCCC(=O)Oc1ccc(C)cc1OC(=O)CCCCCC. The Bertz CT molecular complexity index is 537. The summed E-state index contributed by atoms with van der Waals surface area (Å²) in [5.41, 5.74) is 0.955. The van der Waals surface area contributed by atoms with Crippen molar-refractivity contribution in [3.63, 3.8) is 0 Å². The van der Waals surface area contributed by atoms with Crippen molar-refractivity contribution in [1.82, 2.24) is 0 Å². The lowest BCUT2D eigenvalue weighted by atomic mass is 10.1. The van der Waals surface area contributed by atoms with Gasteiger partial charge in [-0.1, -0.05) is 58.4 Å². The van der Waals surface area contributed by atoms with Crippen molar-refractivity contribution in [1.29, 1.82) is 0 Å². The van der Waals surface area contributed by atoms with Crippen LogP contribution in [-0.4, -0.2) is 11.9 Å². The van der Waals surface area contributed by atoms with Gasteiger partial charge in [0.25, 0.3) is 0 Å². The molecule has 0 unspecified atom stereocenters. The zero-order chi connectivity index (χ0) is 18.5. The predicted molar refractivity (Wildman–Crippen MR) is 100.0 cm³/mol. The second-order valence-electron chi connectivity index (χ2n) is 6.52. The first-order chi connectivity index (χ1) is 12.1. The molecule has 0 aliphatic rings. The van der Waals surface area contributed by atoms with E-state index in [1.807, 2.05) is 13.0 Å². The average molecular weight is 348 g/mol. The van der Waals surface area contributed by atoms with E-state index >= 15 is 0 Å². The summed E-state index contributed by atoms with van der Waals surface area (Å²) in [6, 6.07) is 5.28. The van der Waals surface area contributed by atoms with Crippen LogP contribution in [0.3, 0.4) is 0 Å². The Balaban J connectivity index is 2.56. The molecule has 0 amide bonds. The molecule has 0 bridgehead atoms. The summed E-state index contributed by atoms with van der Waals surface area (Å²) in [6.07, 6.45) is 8.98. The maximum Gasteiger partial charge on any atom is 0.311 e. The van der Waals surface area contributed by atoms with Gasteiger partial charge in [0.2, 0.25) is 0 Å². The summed E-state index contributed by atoms with van der Waals surface area (Å²) in [5.74, 6) is 0.109. The normalized spacial score (nSPS) is 10.5. The van der Waals surface area contributed by atoms with E-state index in [9.17, 15) is 9.59 Å². The number of benzene rings is 1. The summed E-state index contributed by atoms with van der Waals surface area (Å²) in [5, 5.41) is 0. The maximum atomic E-state index is 12.0. The van der Waals surface area contributed by atoms with E-state index in [1.54, 1.807) is 12.1 Å². The van der Waals surface area contributed by atoms with Crippen LogP contribution >= 0.6 is 0 Å². The van der Waals surface area contributed by atoms with Gasteiger partial charge >= 0.3 is 11.9 Å². The van der Waals surface area contributed by atoms with E-state index in [1.165, 1.54) is 0 Å². The quantitative estimate of drug-likeness (QED) is 0.274. The van der Waals surface area contributed by atoms with Gasteiger partial charge in [0, 0.05) is 12.8 Å². The summed E-state index contributed by atoms with van der Waals surface area (Å²) < 4.78 is 10.8. The Kier molecular flexibility index (Phi) is 10.6. The van der Waals surface area contributed by atoms with Crippen LogP contribution in [0.25, 0.3) is 0 Å². The van der Waals surface area contributed by atoms with Gasteiger partial charge in [-0.15, -0.1) is 0 Å². The number of rotatable bonds is 12. The highest BCUT2D eigenvalue weighted by Crippen LogP contribution is 2.29. The molecule has 140 valence electrons. The summed E-state index contributed by atoms with van der Waals surface area (Å²) in [7, 11) is 0. The number of ether oxygens (including phenoxy) is 2. The van der Waals surface area contributed by atoms with Gasteiger partial charge in [-0.25, -0.2) is 0 Å². The number of esters is 2. The number of unbranched alkanes of at least 4 members (excludes halogenated alkanes) is 6. The zero-order valence-electron chi connectivity index (χ0n) is 15.9. The lowest BCUT2D eigenvalue weighted by Crippen LogP contribution is -2.12. The van der Waals surface area contributed by atoms with Crippen molar-refractivity contribution in [3.8, 4) is 11.5 Å². The summed E-state index contributed by atoms with van der Waals surface area (Å²) in [4.78, 5) is 24.0. The zero-order valence-corrected chi connectivity index (χ0v) is 15.9. The van der Waals surface area contributed by atoms with Crippen molar-refractivity contribution >= 4 is 11.9 Å². The molecule has 0 saturated carbocycles. The molecular formula is C21H32O4. The van der Waals surface area contributed by atoms with Gasteiger partial charge in [0.1, 0.15) is 0 Å². The van der Waals surface area contributed by atoms with Crippen molar-refractivity contribution < 1.29 is 19.1 Å². The van der Waals surface area contributed by atoms with Crippen LogP contribution in [-0.2, 0) is 9.59 Å². The van der Waals surface area contributed by atoms with Gasteiger partial charge in [-0.2, -0.15) is 0 Å². The van der Waals surface area contributed by atoms with Crippen LogP contribution in [0.15, 0.2) is 18.2 Å². The van der Waals surface area contributed by atoms with E-state index in [0.717, 1.165) is 56.9 Å². The Hall–Kier alpha value is -1.84. The fraction of sp³-hybridized carbons (Fsp3) is 0.619. The fourth-order valence-corrected chi connectivity index (χ4v) is 2.52. The standard InChI is InChI=1S/C21H32O4/c1-4-6-8-10-12-20(22)24-18-15-14-17(3)16-19(18)25-21(23)13-11-9-7-5-2/h14-16H,4-13H2,1-3H3. The summed E-state index contributed by atoms with van der Waals surface area (Å²) in [6.45, 7) is 6.18. The minimum absolute atomic E-state index is 0.276. The number of carbonyl (C=O) groups is 2. The highest BCUT2D eigenvalue weighted by atomic mass is 16.6. The van der Waals surface area contributed by atoms with Crippen LogP contribution in [0, 0.1) is 6.92 Å². The molecule has 0 aliphatic carbocycles. The molecule has 4 heteroatoms. The minimum Gasteiger partial charge on any atom is -0.423 e. The van der Waals surface area contributed by atoms with Crippen molar-refractivity contribution in [2.24, 2.45) is 0 Å². The Morgan fingerprint density at radius 1 is 0.760 bits per heavy atom. The van der Waals surface area contributed by atoms with Gasteiger partial charge in [0.15, 0.2) is 11.5 Å². The molecule has 0 N–H and O–H groups in total. The molecule has 1 aromatic rings. The molecule has 4 nitrogen and oxygen atoms in total. The van der Waals surface area contributed by atoms with Gasteiger partial charge < -0.3 is 9.47 Å². The molecule has 1 rings (SSSR count). The Morgan fingerprint density at radius 2 is 1.28 bits per heavy atom. The molecule has 0 spiro atoms. The minimum atomic E-state index is -0.278. The van der Waals surface area contributed by atoms with Crippen molar-refractivity contribution in [3.05, 3.63) is 23.8 Å². The number of carbonyl (C=O) groups excluding carboxylic acids is 2. The molecular weight excluding hydrogens is 316 g/mol. The largest absolute Gasteiger partial charge is 0.423 e. The first-order valence-corrected chi connectivity index (χ1v) is 9.58. The second-order valence-corrected chi connectivity index (χ2v) is 6.52.